The summed E-state index contributed by atoms with van der Waals surface area (Å²) in [6.07, 6.45) is 4.79. The van der Waals surface area contributed by atoms with Crippen molar-refractivity contribution in [1.29, 1.82) is 0 Å². The van der Waals surface area contributed by atoms with Crippen LogP contribution in [0.1, 0.15) is 58.8 Å². The van der Waals surface area contributed by atoms with Gasteiger partial charge in [-0.25, -0.2) is 0 Å². The third-order valence-electron chi connectivity index (χ3n) is 2.43. The van der Waals surface area contributed by atoms with Crippen LogP contribution in [0.3, 0.4) is 0 Å². The number of carboxylic acids is 1. The predicted octanol–water partition coefficient (Wildman–Crippen LogP) is -4.58. The van der Waals surface area contributed by atoms with Gasteiger partial charge in [-0.3, -0.25) is 18.0 Å². The van der Waals surface area contributed by atoms with Crippen molar-refractivity contribution in [3.63, 3.8) is 0 Å². The Morgan fingerprint density at radius 1 is 1.09 bits per heavy atom. The van der Waals surface area contributed by atoms with Crippen LogP contribution in [0.5, 0.6) is 0 Å². The normalized spacial score (nSPS) is 11.0. The van der Waals surface area contributed by atoms with Crippen molar-refractivity contribution in [1.82, 2.24) is 0 Å². The average Bonchev–Trinajstić information content (AvgIpc) is 2.33. The SMILES string of the molecule is CCCCCC(CC)OC(=O)CCC(=O)O.O=S(=O)([O-])[O-].[Na+].[Na+]. The first-order chi connectivity index (χ1) is 9.60. The number of carbonyl (C=O) groups is 2. The predicted molar refractivity (Wildman–Crippen MR) is 71.7 cm³/mol. The van der Waals surface area contributed by atoms with Gasteiger partial charge in [0.15, 0.2) is 0 Å². The van der Waals surface area contributed by atoms with Crippen LogP contribution in [0.2, 0.25) is 0 Å². The number of hydrogen-bond donors (Lipinski definition) is 1. The molecule has 0 saturated carbocycles. The third kappa shape index (κ3) is 35.0. The van der Waals surface area contributed by atoms with E-state index in [0.717, 1.165) is 32.1 Å². The zero-order chi connectivity index (χ0) is 16.9. The summed E-state index contributed by atoms with van der Waals surface area (Å²) >= 11 is 0. The first kappa shape index (κ1) is 31.6. The van der Waals surface area contributed by atoms with Crippen LogP contribution in [0.15, 0.2) is 0 Å². The van der Waals surface area contributed by atoms with Gasteiger partial charge in [-0.2, -0.15) is 0 Å². The van der Waals surface area contributed by atoms with Crippen molar-refractivity contribution in [3.05, 3.63) is 0 Å². The second-order valence-electron chi connectivity index (χ2n) is 4.32. The minimum absolute atomic E-state index is 0. The van der Waals surface area contributed by atoms with Crippen LogP contribution in [0.25, 0.3) is 0 Å². The molecule has 0 fully saturated rings. The molecule has 8 nitrogen and oxygen atoms in total. The molecule has 126 valence electrons. The van der Waals surface area contributed by atoms with Crippen LogP contribution >= 0.6 is 0 Å². The van der Waals surface area contributed by atoms with Crippen LogP contribution in [0.4, 0.5) is 0 Å². The Labute approximate surface area is 181 Å². The van der Waals surface area contributed by atoms with Gasteiger partial charge < -0.3 is 18.9 Å². The van der Waals surface area contributed by atoms with Crippen LogP contribution in [-0.2, 0) is 24.7 Å². The molecule has 0 aliphatic rings. The van der Waals surface area contributed by atoms with Crippen LogP contribution in [-0.4, -0.2) is 40.7 Å². The van der Waals surface area contributed by atoms with Gasteiger partial charge in [0.2, 0.25) is 0 Å². The summed E-state index contributed by atoms with van der Waals surface area (Å²) in [5, 5.41) is 8.42. The van der Waals surface area contributed by atoms with Gasteiger partial charge in [0.25, 0.3) is 0 Å². The van der Waals surface area contributed by atoms with E-state index >= 15 is 0 Å². The maximum Gasteiger partial charge on any atom is 1.00 e. The minimum Gasteiger partial charge on any atom is -0.759 e. The fourth-order valence-corrected chi connectivity index (χ4v) is 1.42. The van der Waals surface area contributed by atoms with E-state index in [-0.39, 0.29) is 78.1 Å². The fourth-order valence-electron chi connectivity index (χ4n) is 1.42. The molecule has 0 aromatic rings. The van der Waals surface area contributed by atoms with Crippen molar-refractivity contribution in [2.75, 3.05) is 0 Å². The average molecular weight is 372 g/mol. The summed E-state index contributed by atoms with van der Waals surface area (Å²) in [5.41, 5.74) is 0. The van der Waals surface area contributed by atoms with Gasteiger partial charge in [-0.15, -0.1) is 0 Å². The van der Waals surface area contributed by atoms with E-state index in [2.05, 4.69) is 6.92 Å². The topological polar surface area (TPSA) is 144 Å². The Hall–Kier alpha value is 0.810. The van der Waals surface area contributed by atoms with Gasteiger partial charge >= 0.3 is 71.1 Å². The van der Waals surface area contributed by atoms with E-state index in [1.807, 2.05) is 6.92 Å². The van der Waals surface area contributed by atoms with Crippen LogP contribution < -0.4 is 59.1 Å². The Bertz CT molecular complexity index is 392. The molecule has 1 unspecified atom stereocenters. The molecule has 0 aliphatic carbocycles. The Balaban J connectivity index is -0.000000225. The molecule has 0 aromatic heterocycles. The molecule has 0 heterocycles. The number of carbonyl (C=O) groups excluding carboxylic acids is 1. The Morgan fingerprint density at radius 3 is 1.91 bits per heavy atom. The molecule has 23 heavy (non-hydrogen) atoms. The van der Waals surface area contributed by atoms with Gasteiger partial charge in [0, 0.05) is 10.4 Å². The minimum atomic E-state index is -5.17. The summed E-state index contributed by atoms with van der Waals surface area (Å²) < 4.78 is 39.3. The summed E-state index contributed by atoms with van der Waals surface area (Å²) in [6.45, 7) is 4.10. The quantitative estimate of drug-likeness (QED) is 0.140. The standard InChI is InChI=1S/C12H22O4.2Na.H2O4S/c1-3-5-6-7-10(4-2)16-12(15)9-8-11(13)14;;;1-5(2,3)4/h10H,3-9H2,1-2H3,(H,13,14);;;(H2,1,2,3,4)/q;2*+1;/p-2. The summed E-state index contributed by atoms with van der Waals surface area (Å²) in [4.78, 5) is 21.5. The molecule has 0 radical (unpaired) electrons. The first-order valence-electron chi connectivity index (χ1n) is 6.68. The molecule has 0 bridgehead atoms. The van der Waals surface area contributed by atoms with Crippen molar-refractivity contribution in [2.24, 2.45) is 0 Å². The second-order valence-corrected chi connectivity index (χ2v) is 5.13. The van der Waals surface area contributed by atoms with Crippen molar-refractivity contribution >= 4 is 22.3 Å². The zero-order valence-electron chi connectivity index (χ0n) is 14.2. The molecule has 11 heteroatoms. The zero-order valence-corrected chi connectivity index (χ0v) is 19.1. The molecule has 0 spiro atoms. The fraction of sp³-hybridized carbons (Fsp3) is 0.833. The molecule has 0 rings (SSSR count). The second kappa shape index (κ2) is 19.1. The third-order valence-corrected chi connectivity index (χ3v) is 2.43. The van der Waals surface area contributed by atoms with Gasteiger partial charge in [0.05, 0.1) is 12.8 Å². The summed E-state index contributed by atoms with van der Waals surface area (Å²) in [7, 11) is -5.17. The van der Waals surface area contributed by atoms with E-state index in [1.54, 1.807) is 0 Å². The van der Waals surface area contributed by atoms with E-state index in [1.165, 1.54) is 0 Å². The smallest absolute Gasteiger partial charge is 0.759 e. The van der Waals surface area contributed by atoms with E-state index in [4.69, 9.17) is 27.4 Å². The number of ether oxygens (including phenoxy) is 1. The molecule has 1 N–H and O–H groups in total. The number of rotatable bonds is 9. The van der Waals surface area contributed by atoms with E-state index in [9.17, 15) is 9.59 Å². The largest absolute Gasteiger partial charge is 1.00 e. The van der Waals surface area contributed by atoms with Gasteiger partial charge in [-0.05, 0) is 19.3 Å². The number of unbranched alkanes of at least 4 members (excludes halogenated alkanes) is 2. The molecule has 0 aromatic carbocycles. The molecule has 0 amide bonds. The first-order valence-corrected chi connectivity index (χ1v) is 8.01. The molecular formula is C12H22Na2O8S. The number of carboxylic acid groups (broad SMARTS) is 1. The van der Waals surface area contributed by atoms with Gasteiger partial charge in [-0.1, -0.05) is 26.7 Å². The van der Waals surface area contributed by atoms with Crippen LogP contribution in [0, 0.1) is 0 Å². The van der Waals surface area contributed by atoms with Crippen molar-refractivity contribution < 1.29 is 96.1 Å². The van der Waals surface area contributed by atoms with Crippen molar-refractivity contribution in [3.8, 4) is 0 Å². The summed E-state index contributed by atoms with van der Waals surface area (Å²) in [6, 6.07) is 0. The van der Waals surface area contributed by atoms with E-state index < -0.39 is 22.3 Å². The molecule has 0 saturated heterocycles. The maximum atomic E-state index is 11.3. The molecule has 0 aliphatic heterocycles. The summed E-state index contributed by atoms with van der Waals surface area (Å²) in [5.74, 6) is -1.36. The molecular weight excluding hydrogens is 350 g/mol. The number of aliphatic carboxylic acids is 1. The van der Waals surface area contributed by atoms with Gasteiger partial charge in [0.1, 0.15) is 6.10 Å². The number of esters is 1. The van der Waals surface area contributed by atoms with E-state index in [0.29, 0.717) is 0 Å². The maximum absolute atomic E-state index is 11.3. The van der Waals surface area contributed by atoms with Crippen molar-refractivity contribution in [2.45, 2.75) is 64.9 Å². The molecule has 1 atom stereocenters. The Morgan fingerprint density at radius 2 is 1.57 bits per heavy atom. The Kier molecular flexibility index (Phi) is 26.3. The number of hydrogen-bond acceptors (Lipinski definition) is 7. The monoisotopic (exact) mass is 372 g/mol.